The fraction of sp³-hybridized carbons (Fsp3) is 0.562. The Morgan fingerprint density at radius 2 is 1.85 bits per heavy atom. The molecule has 1 aromatic carbocycles. The van der Waals surface area contributed by atoms with Gasteiger partial charge >= 0.3 is 0 Å². The predicted octanol–water partition coefficient (Wildman–Crippen LogP) is 2.90. The lowest BCUT2D eigenvalue weighted by Gasteiger charge is -2.22. The second-order valence-corrected chi connectivity index (χ2v) is 5.80. The van der Waals surface area contributed by atoms with Crippen molar-refractivity contribution in [3.8, 4) is 0 Å². The molecule has 1 rings (SSSR count). The topological polar surface area (TPSA) is 27.3 Å². The first-order chi connectivity index (χ1) is 9.54. The summed E-state index contributed by atoms with van der Waals surface area (Å²) in [5, 5.41) is 7.20. The van der Waals surface area contributed by atoms with Gasteiger partial charge in [-0.1, -0.05) is 31.2 Å². The van der Waals surface area contributed by atoms with Crippen LogP contribution in [-0.4, -0.2) is 29.6 Å². The zero-order chi connectivity index (χ0) is 15.0. The first-order valence-corrected chi connectivity index (χ1v) is 7.74. The van der Waals surface area contributed by atoms with Crippen LogP contribution in [0.4, 0.5) is 0 Å². The molecule has 0 saturated heterocycles. The molecule has 0 aliphatic rings. The van der Waals surface area contributed by atoms with Crippen LogP contribution in [0.1, 0.15) is 38.3 Å². The molecule has 0 fully saturated rings. The van der Waals surface area contributed by atoms with Gasteiger partial charge in [-0.2, -0.15) is 0 Å². The monoisotopic (exact) mass is 293 g/mol. The Kier molecular flexibility index (Phi) is 7.55. The van der Waals surface area contributed by atoms with Crippen LogP contribution < -0.4 is 10.6 Å². The van der Waals surface area contributed by atoms with Gasteiger partial charge in [0.05, 0.1) is 0 Å². The van der Waals surface area contributed by atoms with Gasteiger partial charge in [-0.25, -0.2) is 0 Å². The summed E-state index contributed by atoms with van der Waals surface area (Å²) in [6, 6.07) is 9.08. The van der Waals surface area contributed by atoms with Crippen molar-refractivity contribution in [2.45, 2.75) is 46.3 Å². The van der Waals surface area contributed by atoms with Crippen LogP contribution in [0.15, 0.2) is 24.3 Å². The van der Waals surface area contributed by atoms with Crippen LogP contribution in [-0.2, 0) is 13.1 Å². The SMILES string of the molecule is CCCNC(=S)NCc1ccccc1CN(C)C(C)C. The molecule has 0 aliphatic heterocycles. The van der Waals surface area contributed by atoms with Crippen molar-refractivity contribution in [2.75, 3.05) is 13.6 Å². The summed E-state index contributed by atoms with van der Waals surface area (Å²) >= 11 is 5.26. The van der Waals surface area contributed by atoms with E-state index < -0.39 is 0 Å². The molecular weight excluding hydrogens is 266 g/mol. The molecule has 3 nitrogen and oxygen atoms in total. The fourth-order valence-corrected chi connectivity index (χ4v) is 1.99. The molecule has 0 saturated carbocycles. The minimum Gasteiger partial charge on any atom is -0.363 e. The Bertz CT molecular complexity index is 418. The highest BCUT2D eigenvalue weighted by molar-refractivity contribution is 7.80. The van der Waals surface area contributed by atoms with E-state index in [4.69, 9.17) is 12.2 Å². The molecule has 20 heavy (non-hydrogen) atoms. The number of thiocarbonyl (C=S) groups is 1. The highest BCUT2D eigenvalue weighted by Crippen LogP contribution is 2.12. The van der Waals surface area contributed by atoms with Crippen LogP contribution in [0, 0.1) is 0 Å². The number of rotatable bonds is 7. The average molecular weight is 293 g/mol. The van der Waals surface area contributed by atoms with E-state index in [1.807, 2.05) is 0 Å². The van der Waals surface area contributed by atoms with Gasteiger partial charge in [0.15, 0.2) is 5.11 Å². The van der Waals surface area contributed by atoms with E-state index in [2.05, 4.69) is 67.6 Å². The maximum atomic E-state index is 5.26. The molecule has 0 bridgehead atoms. The second kappa shape index (κ2) is 8.93. The third kappa shape index (κ3) is 5.88. The average Bonchev–Trinajstić information content (AvgIpc) is 2.44. The summed E-state index contributed by atoms with van der Waals surface area (Å²) in [4.78, 5) is 2.34. The summed E-state index contributed by atoms with van der Waals surface area (Å²) in [6.07, 6.45) is 1.08. The number of nitrogens with one attached hydrogen (secondary N) is 2. The molecule has 2 N–H and O–H groups in total. The van der Waals surface area contributed by atoms with Gasteiger partial charge in [-0.05, 0) is 50.7 Å². The van der Waals surface area contributed by atoms with Gasteiger partial charge in [-0.15, -0.1) is 0 Å². The van der Waals surface area contributed by atoms with Crippen molar-refractivity contribution >= 4 is 17.3 Å². The van der Waals surface area contributed by atoms with Gasteiger partial charge in [-0.3, -0.25) is 4.90 Å². The Balaban J connectivity index is 2.59. The Morgan fingerprint density at radius 1 is 1.20 bits per heavy atom. The molecule has 112 valence electrons. The van der Waals surface area contributed by atoms with Gasteiger partial charge in [0.25, 0.3) is 0 Å². The Hall–Kier alpha value is -1.13. The summed E-state index contributed by atoms with van der Waals surface area (Å²) < 4.78 is 0. The van der Waals surface area contributed by atoms with Crippen LogP contribution in [0.2, 0.25) is 0 Å². The highest BCUT2D eigenvalue weighted by atomic mass is 32.1. The number of benzene rings is 1. The smallest absolute Gasteiger partial charge is 0.166 e. The number of hydrogen-bond donors (Lipinski definition) is 2. The molecule has 1 aromatic rings. The molecule has 0 aromatic heterocycles. The van der Waals surface area contributed by atoms with E-state index in [1.165, 1.54) is 11.1 Å². The lowest BCUT2D eigenvalue weighted by molar-refractivity contribution is 0.265. The maximum absolute atomic E-state index is 5.26. The van der Waals surface area contributed by atoms with Crippen molar-refractivity contribution in [3.05, 3.63) is 35.4 Å². The summed E-state index contributed by atoms with van der Waals surface area (Å²) in [6.45, 7) is 9.22. The first kappa shape index (κ1) is 16.9. The number of nitrogens with zero attached hydrogens (tertiary/aromatic N) is 1. The third-order valence-electron chi connectivity index (χ3n) is 3.39. The predicted molar refractivity (Wildman–Crippen MR) is 90.8 cm³/mol. The second-order valence-electron chi connectivity index (χ2n) is 5.39. The molecule has 4 heteroatoms. The van der Waals surface area contributed by atoms with E-state index in [9.17, 15) is 0 Å². The van der Waals surface area contributed by atoms with Gasteiger partial charge in [0, 0.05) is 25.7 Å². The molecule has 0 unspecified atom stereocenters. The molecule has 0 radical (unpaired) electrons. The molecule has 0 aliphatic carbocycles. The molecule has 0 atom stereocenters. The summed E-state index contributed by atoms with van der Waals surface area (Å²) in [5.41, 5.74) is 2.66. The van der Waals surface area contributed by atoms with E-state index in [0.29, 0.717) is 6.04 Å². The Morgan fingerprint density at radius 3 is 2.45 bits per heavy atom. The zero-order valence-electron chi connectivity index (χ0n) is 13.1. The van der Waals surface area contributed by atoms with Crippen LogP contribution in [0.3, 0.4) is 0 Å². The summed E-state index contributed by atoms with van der Waals surface area (Å²) in [5.74, 6) is 0. The molecule has 0 amide bonds. The minimum absolute atomic E-state index is 0.545. The minimum atomic E-state index is 0.545. The lowest BCUT2D eigenvalue weighted by atomic mass is 10.1. The standard InChI is InChI=1S/C16H27N3S/c1-5-10-17-16(20)18-11-14-8-6-7-9-15(14)12-19(4)13(2)3/h6-9,13H,5,10-12H2,1-4H3,(H2,17,18,20). The molecule has 0 spiro atoms. The van der Waals surface area contributed by atoms with Crippen molar-refractivity contribution in [2.24, 2.45) is 0 Å². The van der Waals surface area contributed by atoms with Crippen LogP contribution in [0.25, 0.3) is 0 Å². The van der Waals surface area contributed by atoms with E-state index >= 15 is 0 Å². The maximum Gasteiger partial charge on any atom is 0.166 e. The van der Waals surface area contributed by atoms with E-state index in [-0.39, 0.29) is 0 Å². The fourth-order valence-electron chi connectivity index (χ4n) is 1.81. The van der Waals surface area contributed by atoms with Crippen molar-refractivity contribution < 1.29 is 0 Å². The van der Waals surface area contributed by atoms with Crippen molar-refractivity contribution in [1.82, 2.24) is 15.5 Å². The van der Waals surface area contributed by atoms with Gasteiger partial charge in [0.2, 0.25) is 0 Å². The van der Waals surface area contributed by atoms with Crippen LogP contribution >= 0.6 is 12.2 Å². The van der Waals surface area contributed by atoms with Gasteiger partial charge < -0.3 is 10.6 Å². The Labute approximate surface area is 128 Å². The molecule has 0 heterocycles. The highest BCUT2D eigenvalue weighted by Gasteiger charge is 2.08. The van der Waals surface area contributed by atoms with E-state index in [0.717, 1.165) is 31.2 Å². The van der Waals surface area contributed by atoms with E-state index in [1.54, 1.807) is 0 Å². The van der Waals surface area contributed by atoms with Crippen molar-refractivity contribution in [3.63, 3.8) is 0 Å². The molecular formula is C16H27N3S. The first-order valence-electron chi connectivity index (χ1n) is 7.33. The quantitative estimate of drug-likeness (QED) is 0.756. The largest absolute Gasteiger partial charge is 0.363 e. The summed E-state index contributed by atoms with van der Waals surface area (Å²) in [7, 11) is 2.16. The lowest BCUT2D eigenvalue weighted by Crippen LogP contribution is -2.35. The zero-order valence-corrected chi connectivity index (χ0v) is 13.9. The van der Waals surface area contributed by atoms with Crippen LogP contribution in [0.5, 0.6) is 0 Å². The third-order valence-corrected chi connectivity index (χ3v) is 3.68. The number of hydrogen-bond acceptors (Lipinski definition) is 2. The van der Waals surface area contributed by atoms with Gasteiger partial charge in [0.1, 0.15) is 0 Å². The normalized spacial score (nSPS) is 10.9. The van der Waals surface area contributed by atoms with Crippen molar-refractivity contribution in [1.29, 1.82) is 0 Å².